The number of hydrogen-bond donors (Lipinski definition) is 2. The van der Waals surface area contributed by atoms with Crippen LogP contribution in [0.25, 0.3) is 0 Å². The van der Waals surface area contributed by atoms with Crippen LogP contribution in [0.1, 0.15) is 65.2 Å². The van der Waals surface area contributed by atoms with E-state index in [2.05, 4.69) is 19.2 Å². The Morgan fingerprint density at radius 2 is 1.84 bits per heavy atom. The third-order valence-electron chi connectivity index (χ3n) is 5.09. The zero-order valence-corrected chi connectivity index (χ0v) is 12.5. The molecule has 0 heterocycles. The molecule has 0 radical (unpaired) electrons. The minimum absolute atomic E-state index is 0.170. The number of nitrogens with one attached hydrogen (secondary N) is 1. The Bertz CT molecular complexity index is 303. The first kappa shape index (κ1) is 14.8. The average molecular weight is 266 g/mol. The molecule has 0 aromatic heterocycles. The van der Waals surface area contributed by atoms with Gasteiger partial charge in [-0.2, -0.15) is 0 Å². The third-order valence-corrected chi connectivity index (χ3v) is 5.09. The second-order valence-electron chi connectivity index (χ2n) is 7.00. The first-order chi connectivity index (χ1) is 9.06. The molecule has 0 spiro atoms. The predicted octanol–water partition coefficient (Wildman–Crippen LogP) is 2.83. The normalized spacial score (nSPS) is 36.2. The zero-order chi connectivity index (χ0) is 13.8. The largest absolute Gasteiger partial charge is 0.353 e. The Balaban J connectivity index is 1.81. The summed E-state index contributed by atoms with van der Waals surface area (Å²) >= 11 is 0. The Kier molecular flexibility index (Phi) is 5.26. The van der Waals surface area contributed by atoms with Crippen LogP contribution in [0.2, 0.25) is 0 Å². The van der Waals surface area contributed by atoms with Crippen LogP contribution in [0.3, 0.4) is 0 Å². The molecule has 19 heavy (non-hydrogen) atoms. The van der Waals surface area contributed by atoms with Crippen molar-refractivity contribution >= 4 is 5.91 Å². The summed E-state index contributed by atoms with van der Waals surface area (Å²) in [6, 6.07) is 0.645. The van der Waals surface area contributed by atoms with Crippen LogP contribution in [-0.4, -0.2) is 18.0 Å². The maximum Gasteiger partial charge on any atom is 0.223 e. The highest BCUT2D eigenvalue weighted by Crippen LogP contribution is 2.30. The summed E-state index contributed by atoms with van der Waals surface area (Å²) < 4.78 is 0. The summed E-state index contributed by atoms with van der Waals surface area (Å²) in [6.45, 7) is 4.60. The van der Waals surface area contributed by atoms with Gasteiger partial charge in [-0.25, -0.2) is 0 Å². The van der Waals surface area contributed by atoms with Crippen molar-refractivity contribution in [3.8, 4) is 0 Å². The fourth-order valence-corrected chi connectivity index (χ4v) is 3.75. The van der Waals surface area contributed by atoms with Gasteiger partial charge in [0.15, 0.2) is 0 Å². The van der Waals surface area contributed by atoms with Crippen molar-refractivity contribution in [2.24, 2.45) is 23.5 Å². The summed E-state index contributed by atoms with van der Waals surface area (Å²) in [7, 11) is 0. The van der Waals surface area contributed by atoms with Crippen LogP contribution < -0.4 is 11.1 Å². The minimum Gasteiger partial charge on any atom is -0.353 e. The molecule has 2 aliphatic rings. The Hall–Kier alpha value is -0.570. The first-order valence-corrected chi connectivity index (χ1v) is 8.12. The smallest absolute Gasteiger partial charge is 0.223 e. The van der Waals surface area contributed by atoms with Gasteiger partial charge < -0.3 is 11.1 Å². The molecule has 3 nitrogen and oxygen atoms in total. The van der Waals surface area contributed by atoms with Crippen molar-refractivity contribution in [2.75, 3.05) is 0 Å². The summed E-state index contributed by atoms with van der Waals surface area (Å²) in [6.07, 6.45) is 9.03. The molecule has 2 rings (SSSR count). The van der Waals surface area contributed by atoms with Gasteiger partial charge in [0.05, 0.1) is 0 Å². The van der Waals surface area contributed by atoms with Gasteiger partial charge in [0, 0.05) is 18.0 Å². The molecule has 3 N–H and O–H groups in total. The van der Waals surface area contributed by atoms with Gasteiger partial charge in [0.25, 0.3) is 0 Å². The van der Waals surface area contributed by atoms with E-state index in [1.807, 2.05) is 0 Å². The van der Waals surface area contributed by atoms with E-state index < -0.39 is 0 Å². The van der Waals surface area contributed by atoms with Gasteiger partial charge in [0.2, 0.25) is 5.91 Å². The molecule has 0 bridgehead atoms. The van der Waals surface area contributed by atoms with Crippen molar-refractivity contribution in [3.63, 3.8) is 0 Å². The SMILES string of the molecule is CC(C)C1CCCC(NC(=O)C2CCCC(N)C2)C1. The summed E-state index contributed by atoms with van der Waals surface area (Å²) in [5.41, 5.74) is 5.98. The zero-order valence-electron chi connectivity index (χ0n) is 12.5. The number of amides is 1. The highest BCUT2D eigenvalue weighted by molar-refractivity contribution is 5.79. The van der Waals surface area contributed by atoms with E-state index in [0.717, 1.165) is 43.9 Å². The van der Waals surface area contributed by atoms with Crippen molar-refractivity contribution in [1.29, 1.82) is 0 Å². The molecule has 0 aromatic rings. The van der Waals surface area contributed by atoms with Gasteiger partial charge in [0.1, 0.15) is 0 Å². The van der Waals surface area contributed by atoms with Crippen LogP contribution in [0, 0.1) is 17.8 Å². The second kappa shape index (κ2) is 6.74. The van der Waals surface area contributed by atoms with Crippen LogP contribution in [0.4, 0.5) is 0 Å². The molecule has 0 saturated heterocycles. The van der Waals surface area contributed by atoms with Crippen LogP contribution in [-0.2, 0) is 4.79 Å². The molecule has 1 amide bonds. The van der Waals surface area contributed by atoms with Crippen LogP contribution in [0.5, 0.6) is 0 Å². The van der Waals surface area contributed by atoms with Crippen molar-refractivity contribution < 1.29 is 4.79 Å². The average Bonchev–Trinajstić information content (AvgIpc) is 2.39. The van der Waals surface area contributed by atoms with E-state index in [1.54, 1.807) is 0 Å². The first-order valence-electron chi connectivity index (χ1n) is 8.12. The number of carbonyl (C=O) groups is 1. The third kappa shape index (κ3) is 4.20. The Morgan fingerprint density at radius 3 is 2.53 bits per heavy atom. The Labute approximate surface area is 117 Å². The predicted molar refractivity (Wildman–Crippen MR) is 78.7 cm³/mol. The van der Waals surface area contributed by atoms with Crippen LogP contribution >= 0.6 is 0 Å². The van der Waals surface area contributed by atoms with E-state index in [4.69, 9.17) is 5.73 Å². The number of rotatable bonds is 3. The van der Waals surface area contributed by atoms with E-state index in [-0.39, 0.29) is 17.9 Å². The van der Waals surface area contributed by atoms with Crippen molar-refractivity contribution in [2.45, 2.75) is 77.3 Å². The van der Waals surface area contributed by atoms with Gasteiger partial charge in [-0.05, 0) is 43.9 Å². The van der Waals surface area contributed by atoms with Gasteiger partial charge in [-0.15, -0.1) is 0 Å². The number of hydrogen-bond acceptors (Lipinski definition) is 2. The lowest BCUT2D eigenvalue weighted by Gasteiger charge is -2.34. The minimum atomic E-state index is 0.170. The quantitative estimate of drug-likeness (QED) is 0.825. The molecule has 110 valence electrons. The Morgan fingerprint density at radius 1 is 1.11 bits per heavy atom. The monoisotopic (exact) mass is 266 g/mol. The van der Waals surface area contributed by atoms with Crippen molar-refractivity contribution in [1.82, 2.24) is 5.32 Å². The lowest BCUT2D eigenvalue weighted by molar-refractivity contribution is -0.127. The van der Waals surface area contributed by atoms with E-state index in [9.17, 15) is 4.79 Å². The maximum absolute atomic E-state index is 12.3. The molecule has 2 aliphatic carbocycles. The molecular weight excluding hydrogens is 236 g/mol. The lowest BCUT2D eigenvalue weighted by atomic mass is 9.79. The summed E-state index contributed by atoms with van der Waals surface area (Å²) in [4.78, 5) is 12.3. The highest BCUT2D eigenvalue weighted by Gasteiger charge is 2.29. The molecule has 3 heteroatoms. The fraction of sp³-hybridized carbons (Fsp3) is 0.938. The van der Waals surface area contributed by atoms with E-state index in [0.29, 0.717) is 6.04 Å². The second-order valence-corrected chi connectivity index (χ2v) is 7.00. The maximum atomic E-state index is 12.3. The lowest BCUT2D eigenvalue weighted by Crippen LogP contribution is -2.44. The summed E-state index contributed by atoms with van der Waals surface area (Å²) in [5.74, 6) is 1.96. The number of carbonyl (C=O) groups excluding carboxylic acids is 1. The van der Waals surface area contributed by atoms with Gasteiger partial charge in [-0.1, -0.05) is 33.1 Å². The van der Waals surface area contributed by atoms with Gasteiger partial charge >= 0.3 is 0 Å². The van der Waals surface area contributed by atoms with E-state index in [1.165, 1.54) is 19.3 Å². The van der Waals surface area contributed by atoms with E-state index >= 15 is 0 Å². The molecule has 4 unspecified atom stereocenters. The molecule has 4 atom stereocenters. The molecule has 2 fully saturated rings. The number of nitrogens with two attached hydrogens (primary N) is 1. The molecule has 2 saturated carbocycles. The van der Waals surface area contributed by atoms with Crippen molar-refractivity contribution in [3.05, 3.63) is 0 Å². The fourth-order valence-electron chi connectivity index (χ4n) is 3.75. The molecular formula is C16H30N2O. The highest BCUT2D eigenvalue weighted by atomic mass is 16.1. The van der Waals surface area contributed by atoms with Crippen LogP contribution in [0.15, 0.2) is 0 Å². The van der Waals surface area contributed by atoms with Gasteiger partial charge in [-0.3, -0.25) is 4.79 Å². The standard InChI is InChI=1S/C16H30N2O/c1-11(2)12-5-4-8-15(10-12)18-16(19)13-6-3-7-14(17)9-13/h11-15H,3-10,17H2,1-2H3,(H,18,19). The molecule has 0 aliphatic heterocycles. The summed E-state index contributed by atoms with van der Waals surface area (Å²) in [5, 5.41) is 3.30. The topological polar surface area (TPSA) is 55.1 Å². The molecule has 0 aromatic carbocycles.